The van der Waals surface area contributed by atoms with E-state index in [1.165, 1.54) is 5.39 Å². The Morgan fingerprint density at radius 2 is 1.86 bits per heavy atom. The van der Waals surface area contributed by atoms with Crippen LogP contribution in [-0.4, -0.2) is 20.3 Å². The number of nitrogens with one attached hydrogen (secondary N) is 1. The molecule has 102 valence electrons. The minimum Gasteiger partial charge on any atom is -0.382 e. The number of hydrogen-bond donors (Lipinski definition) is 2. The molecule has 3 N–H and O–H groups in total. The van der Waals surface area contributed by atoms with E-state index in [2.05, 4.69) is 32.5 Å². The van der Waals surface area contributed by atoms with Gasteiger partial charge in [0, 0.05) is 11.6 Å². The van der Waals surface area contributed by atoms with Crippen molar-refractivity contribution in [2.24, 2.45) is 0 Å². The number of fused-ring (bicyclic) bond motifs is 1. The van der Waals surface area contributed by atoms with Crippen molar-refractivity contribution in [3.63, 3.8) is 0 Å². The number of aromatic amines is 1. The summed E-state index contributed by atoms with van der Waals surface area (Å²) >= 11 is 0. The van der Waals surface area contributed by atoms with Crippen LogP contribution in [0.2, 0.25) is 0 Å². The zero-order chi connectivity index (χ0) is 14.2. The fraction of sp³-hybridized carbons (Fsp3) is 0. The largest absolute Gasteiger partial charge is 0.382 e. The van der Waals surface area contributed by atoms with Crippen LogP contribution in [0, 0.1) is 0 Å². The van der Waals surface area contributed by atoms with E-state index in [0.717, 1.165) is 10.9 Å². The van der Waals surface area contributed by atoms with Gasteiger partial charge >= 0.3 is 0 Å². The van der Waals surface area contributed by atoms with Crippen molar-refractivity contribution in [3.05, 3.63) is 48.5 Å². The maximum atomic E-state index is 5.56. The van der Waals surface area contributed by atoms with E-state index < -0.39 is 0 Å². The highest BCUT2D eigenvalue weighted by Gasteiger charge is 2.12. The van der Waals surface area contributed by atoms with Crippen LogP contribution in [0.1, 0.15) is 0 Å². The molecule has 0 aliphatic carbocycles. The summed E-state index contributed by atoms with van der Waals surface area (Å²) in [6, 6.07) is 15.8. The van der Waals surface area contributed by atoms with Gasteiger partial charge in [-0.2, -0.15) is 10.1 Å². The third-order valence-corrected chi connectivity index (χ3v) is 3.26. The van der Waals surface area contributed by atoms with Gasteiger partial charge in [-0.25, -0.2) is 0 Å². The Hall–Kier alpha value is -3.15. The van der Waals surface area contributed by atoms with Gasteiger partial charge in [0.1, 0.15) is 11.5 Å². The molecule has 4 aromatic rings. The third-order valence-electron chi connectivity index (χ3n) is 3.26. The zero-order valence-electron chi connectivity index (χ0n) is 10.9. The van der Waals surface area contributed by atoms with E-state index >= 15 is 0 Å². The number of benzene rings is 2. The minimum absolute atomic E-state index is 0.363. The summed E-state index contributed by atoms with van der Waals surface area (Å²) in [5, 5.41) is 12.9. The van der Waals surface area contributed by atoms with Crippen molar-refractivity contribution in [1.82, 2.24) is 20.3 Å². The first-order valence-corrected chi connectivity index (χ1v) is 6.44. The molecule has 21 heavy (non-hydrogen) atoms. The highest BCUT2D eigenvalue weighted by Crippen LogP contribution is 2.24. The number of nitrogen functional groups attached to an aromatic ring is 1. The maximum absolute atomic E-state index is 5.56. The number of H-pyrrole nitrogens is 1. The Kier molecular flexibility index (Phi) is 2.47. The topological polar surface area (TPSA) is 93.6 Å². The van der Waals surface area contributed by atoms with Crippen LogP contribution < -0.4 is 5.73 Å². The summed E-state index contributed by atoms with van der Waals surface area (Å²) in [5.74, 6) is 1.28. The van der Waals surface area contributed by atoms with E-state index in [9.17, 15) is 0 Å². The van der Waals surface area contributed by atoms with E-state index in [0.29, 0.717) is 23.2 Å². The smallest absolute Gasteiger partial charge is 0.276 e. The number of nitrogens with two attached hydrogens (primary N) is 1. The molecule has 0 unspecified atom stereocenters. The molecule has 2 heterocycles. The lowest BCUT2D eigenvalue weighted by Gasteiger charge is -1.99. The summed E-state index contributed by atoms with van der Waals surface area (Å²) in [7, 11) is 0. The first-order chi connectivity index (χ1) is 10.3. The number of aromatic nitrogens is 4. The van der Waals surface area contributed by atoms with Crippen molar-refractivity contribution >= 4 is 16.6 Å². The molecular weight excluding hydrogens is 266 g/mol. The van der Waals surface area contributed by atoms with Gasteiger partial charge in [-0.3, -0.25) is 5.10 Å². The Balaban J connectivity index is 1.77. The van der Waals surface area contributed by atoms with Crippen molar-refractivity contribution in [1.29, 1.82) is 0 Å². The lowest BCUT2D eigenvalue weighted by Crippen LogP contribution is -1.82. The Morgan fingerprint density at radius 3 is 2.67 bits per heavy atom. The summed E-state index contributed by atoms with van der Waals surface area (Å²) in [4.78, 5) is 4.37. The molecule has 0 aliphatic heterocycles. The average Bonchev–Trinajstić information content (AvgIpc) is 3.15. The molecular formula is C15H11N5O. The van der Waals surface area contributed by atoms with Gasteiger partial charge in [0.2, 0.25) is 5.82 Å². The molecule has 0 radical (unpaired) electrons. The van der Waals surface area contributed by atoms with E-state index in [1.807, 2.05) is 30.3 Å². The van der Waals surface area contributed by atoms with E-state index in [-0.39, 0.29) is 0 Å². The molecule has 0 saturated heterocycles. The van der Waals surface area contributed by atoms with Crippen LogP contribution in [0.25, 0.3) is 33.7 Å². The number of nitrogens with zero attached hydrogens (tertiary/aromatic N) is 3. The van der Waals surface area contributed by atoms with Gasteiger partial charge in [0.15, 0.2) is 0 Å². The minimum atomic E-state index is 0.363. The first kappa shape index (κ1) is 11.7. The van der Waals surface area contributed by atoms with Crippen molar-refractivity contribution in [3.8, 4) is 23.0 Å². The molecule has 6 heteroatoms. The monoisotopic (exact) mass is 277 g/mol. The zero-order valence-corrected chi connectivity index (χ0v) is 10.9. The lowest BCUT2D eigenvalue weighted by atomic mass is 10.1. The number of anilines is 1. The van der Waals surface area contributed by atoms with Crippen LogP contribution in [0.3, 0.4) is 0 Å². The molecule has 0 aliphatic rings. The quantitative estimate of drug-likeness (QED) is 0.587. The molecule has 2 aromatic heterocycles. The van der Waals surface area contributed by atoms with Crippen LogP contribution in [0.15, 0.2) is 53.1 Å². The first-order valence-electron chi connectivity index (χ1n) is 6.44. The number of hydrogen-bond acceptors (Lipinski definition) is 5. The normalized spacial score (nSPS) is 11.0. The standard InChI is InChI=1S/C15H11N5O/c16-13-8-12(18-19-13)15-17-14(20-21-15)11-6-5-9-3-1-2-4-10(9)7-11/h1-8H,(H3,16,18,19). The Morgan fingerprint density at radius 1 is 1.00 bits per heavy atom. The number of rotatable bonds is 2. The summed E-state index contributed by atoms with van der Waals surface area (Å²) in [6.07, 6.45) is 0. The van der Waals surface area contributed by atoms with Gasteiger partial charge in [0.25, 0.3) is 5.89 Å². The lowest BCUT2D eigenvalue weighted by molar-refractivity contribution is 0.431. The van der Waals surface area contributed by atoms with Gasteiger partial charge in [-0.05, 0) is 16.8 Å². The molecule has 0 amide bonds. The fourth-order valence-electron chi connectivity index (χ4n) is 2.23. The fourth-order valence-corrected chi connectivity index (χ4v) is 2.23. The molecule has 4 rings (SSSR count). The van der Waals surface area contributed by atoms with Gasteiger partial charge in [0.05, 0.1) is 0 Å². The SMILES string of the molecule is Nc1cc(-c2nc(-c3ccc4ccccc4c3)no2)[nH]n1. The van der Waals surface area contributed by atoms with Crippen molar-refractivity contribution in [2.45, 2.75) is 0 Å². The third kappa shape index (κ3) is 2.02. The van der Waals surface area contributed by atoms with Crippen LogP contribution in [0.4, 0.5) is 5.82 Å². The van der Waals surface area contributed by atoms with E-state index in [1.54, 1.807) is 6.07 Å². The predicted molar refractivity (Wildman–Crippen MR) is 79.2 cm³/mol. The van der Waals surface area contributed by atoms with E-state index in [4.69, 9.17) is 10.3 Å². The molecule has 0 bridgehead atoms. The van der Waals surface area contributed by atoms with Gasteiger partial charge in [-0.1, -0.05) is 41.6 Å². The highest BCUT2D eigenvalue weighted by atomic mass is 16.5. The Labute approximate surface area is 119 Å². The second-order valence-corrected chi connectivity index (χ2v) is 4.69. The summed E-state index contributed by atoms with van der Waals surface area (Å²) < 4.78 is 5.24. The summed E-state index contributed by atoms with van der Waals surface area (Å²) in [5.41, 5.74) is 7.07. The molecule has 0 saturated carbocycles. The van der Waals surface area contributed by atoms with Crippen LogP contribution in [-0.2, 0) is 0 Å². The van der Waals surface area contributed by atoms with Crippen LogP contribution >= 0.6 is 0 Å². The van der Waals surface area contributed by atoms with Crippen molar-refractivity contribution in [2.75, 3.05) is 5.73 Å². The second-order valence-electron chi connectivity index (χ2n) is 4.69. The van der Waals surface area contributed by atoms with Crippen molar-refractivity contribution < 1.29 is 4.52 Å². The molecule has 0 fully saturated rings. The summed E-state index contributed by atoms with van der Waals surface area (Å²) in [6.45, 7) is 0. The highest BCUT2D eigenvalue weighted by molar-refractivity contribution is 5.86. The predicted octanol–water partition coefficient (Wildman–Crippen LogP) is 2.86. The van der Waals surface area contributed by atoms with Gasteiger partial charge in [-0.15, -0.1) is 0 Å². The van der Waals surface area contributed by atoms with Gasteiger partial charge < -0.3 is 10.3 Å². The van der Waals surface area contributed by atoms with Crippen LogP contribution in [0.5, 0.6) is 0 Å². The maximum Gasteiger partial charge on any atom is 0.276 e. The molecule has 0 atom stereocenters. The Bertz CT molecular complexity index is 924. The average molecular weight is 277 g/mol. The molecule has 6 nitrogen and oxygen atoms in total. The molecule has 0 spiro atoms. The second kappa shape index (κ2) is 4.45. The molecule has 2 aromatic carbocycles.